The van der Waals surface area contributed by atoms with Crippen LogP contribution in [0.3, 0.4) is 0 Å². The Morgan fingerprint density at radius 1 is 1.00 bits per heavy atom. The summed E-state index contributed by atoms with van der Waals surface area (Å²) in [5.41, 5.74) is 2.58. The van der Waals surface area contributed by atoms with Crippen LogP contribution in [0.4, 0.5) is 11.4 Å². The van der Waals surface area contributed by atoms with Crippen molar-refractivity contribution in [3.63, 3.8) is 0 Å². The van der Waals surface area contributed by atoms with E-state index in [1.807, 2.05) is 61.5 Å². The molecule has 1 amide bonds. The number of phenols is 2. The Balaban J connectivity index is 1.91. The number of anilines is 2. The maximum absolute atomic E-state index is 13.3. The minimum absolute atomic E-state index is 0.102. The Labute approximate surface area is 176 Å². The zero-order valence-electron chi connectivity index (χ0n) is 16.8. The summed E-state index contributed by atoms with van der Waals surface area (Å²) in [6.07, 6.45) is 0. The number of hydrogen-bond donors (Lipinski definition) is 4. The second kappa shape index (κ2) is 9.52. The third-order valence-electron chi connectivity index (χ3n) is 4.50. The molecule has 0 atom stereocenters. The van der Waals surface area contributed by atoms with Gasteiger partial charge >= 0.3 is 0 Å². The van der Waals surface area contributed by atoms with Crippen molar-refractivity contribution in [3.8, 4) is 11.5 Å². The Kier molecular flexibility index (Phi) is 6.60. The minimum atomic E-state index is -0.367. The lowest BCUT2D eigenvalue weighted by Gasteiger charge is -2.24. The molecule has 0 aliphatic rings. The van der Waals surface area contributed by atoms with E-state index in [0.29, 0.717) is 18.1 Å². The molecule has 0 bridgehead atoms. The van der Waals surface area contributed by atoms with Crippen LogP contribution in [0.2, 0.25) is 0 Å². The number of rotatable bonds is 8. The van der Waals surface area contributed by atoms with Crippen LogP contribution in [0.1, 0.15) is 22.8 Å². The second-order valence-corrected chi connectivity index (χ2v) is 6.76. The Hall–Kier alpha value is -3.93. The highest BCUT2D eigenvalue weighted by molar-refractivity contribution is 6.07. The van der Waals surface area contributed by atoms with Crippen molar-refractivity contribution in [2.45, 2.75) is 13.5 Å². The third kappa shape index (κ3) is 5.11. The summed E-state index contributed by atoms with van der Waals surface area (Å²) in [6.45, 7) is 6.98. The fraction of sp³-hybridized carbons (Fsp3) is 0.125. The van der Waals surface area contributed by atoms with E-state index in [2.05, 4.69) is 17.2 Å². The molecule has 0 fully saturated rings. The van der Waals surface area contributed by atoms with Gasteiger partial charge in [-0.15, -0.1) is 0 Å². The minimum Gasteiger partial charge on any atom is -0.508 e. The fourth-order valence-electron chi connectivity index (χ4n) is 3.05. The summed E-state index contributed by atoms with van der Waals surface area (Å²) in [4.78, 5) is 14.9. The van der Waals surface area contributed by atoms with Crippen LogP contribution in [-0.2, 0) is 6.54 Å². The number of carbonyl (C=O) groups is 1. The monoisotopic (exact) mass is 403 g/mol. The largest absolute Gasteiger partial charge is 0.508 e. The molecule has 0 unspecified atom stereocenters. The molecule has 3 aromatic rings. The molecule has 0 aromatic heterocycles. The molecule has 0 spiro atoms. The van der Waals surface area contributed by atoms with Crippen molar-refractivity contribution in [1.29, 1.82) is 0 Å². The highest BCUT2D eigenvalue weighted by Crippen LogP contribution is 2.28. The Morgan fingerprint density at radius 3 is 2.33 bits per heavy atom. The first-order valence-corrected chi connectivity index (χ1v) is 9.65. The molecular weight excluding hydrogens is 378 g/mol. The summed E-state index contributed by atoms with van der Waals surface area (Å²) >= 11 is 0. The van der Waals surface area contributed by atoms with E-state index in [0.717, 1.165) is 23.9 Å². The van der Waals surface area contributed by atoms with Crippen LogP contribution in [0, 0.1) is 0 Å². The average Bonchev–Trinajstić information content (AvgIpc) is 2.73. The number of nitrogens with zero attached hydrogens (tertiary/aromatic N) is 1. The van der Waals surface area contributed by atoms with E-state index in [4.69, 9.17) is 0 Å². The van der Waals surface area contributed by atoms with Gasteiger partial charge in [0.15, 0.2) is 0 Å². The Morgan fingerprint density at radius 2 is 1.70 bits per heavy atom. The van der Waals surface area contributed by atoms with Crippen molar-refractivity contribution < 1.29 is 15.0 Å². The van der Waals surface area contributed by atoms with Gasteiger partial charge in [0, 0.05) is 24.0 Å². The van der Waals surface area contributed by atoms with Crippen molar-refractivity contribution in [2.24, 2.45) is 0 Å². The van der Waals surface area contributed by atoms with Crippen LogP contribution < -0.4 is 15.5 Å². The summed E-state index contributed by atoms with van der Waals surface area (Å²) < 4.78 is 0. The van der Waals surface area contributed by atoms with E-state index in [1.165, 1.54) is 12.1 Å². The molecule has 3 aromatic carbocycles. The summed E-state index contributed by atoms with van der Waals surface area (Å²) in [5.74, 6) is -0.0427. The van der Waals surface area contributed by atoms with E-state index in [9.17, 15) is 15.0 Å². The fourth-order valence-corrected chi connectivity index (χ4v) is 3.05. The lowest BCUT2D eigenvalue weighted by Crippen LogP contribution is -2.30. The molecule has 0 heterocycles. The van der Waals surface area contributed by atoms with Gasteiger partial charge in [-0.3, -0.25) is 4.79 Å². The zero-order valence-corrected chi connectivity index (χ0v) is 16.8. The van der Waals surface area contributed by atoms with Gasteiger partial charge in [-0.25, -0.2) is 0 Å². The molecular formula is C24H25N3O3. The molecule has 6 heteroatoms. The number of benzene rings is 3. The van der Waals surface area contributed by atoms with Gasteiger partial charge in [-0.1, -0.05) is 36.9 Å². The molecule has 0 aliphatic heterocycles. The predicted octanol–water partition coefficient (Wildman–Crippen LogP) is 4.44. The van der Waals surface area contributed by atoms with Gasteiger partial charge in [0.25, 0.3) is 5.91 Å². The number of phenolic OH excluding ortho intramolecular Hbond substituents is 2. The quantitative estimate of drug-likeness (QED) is 0.447. The first-order chi connectivity index (χ1) is 14.5. The number of carbonyl (C=O) groups excluding carboxylic acids is 1. The predicted molar refractivity (Wildman–Crippen MR) is 120 cm³/mol. The van der Waals surface area contributed by atoms with Crippen LogP contribution >= 0.6 is 0 Å². The molecule has 154 valence electrons. The van der Waals surface area contributed by atoms with Gasteiger partial charge in [0.1, 0.15) is 11.5 Å². The van der Waals surface area contributed by atoms with Gasteiger partial charge in [0.2, 0.25) is 0 Å². The maximum atomic E-state index is 13.3. The van der Waals surface area contributed by atoms with Gasteiger partial charge in [0.05, 0.1) is 17.9 Å². The molecule has 4 N–H and O–H groups in total. The van der Waals surface area contributed by atoms with Crippen molar-refractivity contribution in [2.75, 3.05) is 16.8 Å². The topological polar surface area (TPSA) is 84.8 Å². The van der Waals surface area contributed by atoms with Crippen LogP contribution in [0.5, 0.6) is 11.5 Å². The number of aromatic hydroxyl groups is 2. The lowest BCUT2D eigenvalue weighted by atomic mass is 10.1. The average molecular weight is 403 g/mol. The van der Waals surface area contributed by atoms with E-state index >= 15 is 0 Å². The third-order valence-corrected chi connectivity index (χ3v) is 4.50. The first kappa shape index (κ1) is 20.8. The summed E-state index contributed by atoms with van der Waals surface area (Å²) in [6, 6.07) is 21.0. The van der Waals surface area contributed by atoms with Gasteiger partial charge in [-0.2, -0.15) is 0 Å². The Bertz CT molecular complexity index is 1020. The first-order valence-electron chi connectivity index (χ1n) is 9.65. The zero-order chi connectivity index (χ0) is 21.5. The summed E-state index contributed by atoms with van der Waals surface area (Å²) in [7, 11) is 0. The molecule has 0 aliphatic carbocycles. The standard InChI is InChI=1S/C24H25N3O3/c1-3-25-17(2)26-19-9-11-20(12-10-19)27(16-18-7-5-4-6-8-18)24(30)22-14-13-21(28)15-23(22)29/h4-15,25-26,28-29H,2-3,16H2,1H3. The molecule has 30 heavy (non-hydrogen) atoms. The van der Waals surface area contributed by atoms with Crippen molar-refractivity contribution in [1.82, 2.24) is 5.32 Å². The normalized spacial score (nSPS) is 10.3. The molecule has 0 radical (unpaired) electrons. The highest BCUT2D eigenvalue weighted by atomic mass is 16.3. The van der Waals surface area contributed by atoms with Crippen LogP contribution in [0.15, 0.2) is 85.2 Å². The van der Waals surface area contributed by atoms with Crippen molar-refractivity contribution >= 4 is 17.3 Å². The van der Waals surface area contributed by atoms with Gasteiger partial charge in [-0.05, 0) is 48.9 Å². The SMILES string of the molecule is C=C(NCC)Nc1ccc(N(Cc2ccccc2)C(=O)c2ccc(O)cc2O)cc1. The van der Waals surface area contributed by atoms with E-state index < -0.39 is 0 Å². The maximum Gasteiger partial charge on any atom is 0.262 e. The number of nitrogens with one attached hydrogen (secondary N) is 2. The van der Waals surface area contributed by atoms with E-state index in [1.54, 1.807) is 4.90 Å². The lowest BCUT2D eigenvalue weighted by molar-refractivity contribution is 0.0982. The van der Waals surface area contributed by atoms with E-state index in [-0.39, 0.29) is 23.0 Å². The molecule has 0 saturated carbocycles. The number of hydrogen-bond acceptors (Lipinski definition) is 5. The molecule has 3 rings (SSSR count). The highest BCUT2D eigenvalue weighted by Gasteiger charge is 2.21. The smallest absolute Gasteiger partial charge is 0.262 e. The van der Waals surface area contributed by atoms with Crippen molar-refractivity contribution in [3.05, 3.63) is 96.3 Å². The molecule has 6 nitrogen and oxygen atoms in total. The molecule has 0 saturated heterocycles. The van der Waals surface area contributed by atoms with Crippen LogP contribution in [-0.4, -0.2) is 22.7 Å². The second-order valence-electron chi connectivity index (χ2n) is 6.76. The van der Waals surface area contributed by atoms with Crippen LogP contribution in [0.25, 0.3) is 0 Å². The van der Waals surface area contributed by atoms with Gasteiger partial charge < -0.3 is 25.7 Å². The summed E-state index contributed by atoms with van der Waals surface area (Å²) in [5, 5.41) is 26.0. The number of amides is 1.